The molecule has 0 spiro atoms. The van der Waals surface area contributed by atoms with Crippen LogP contribution in [0.2, 0.25) is 0 Å². The largest absolute Gasteiger partial charge is 0.480 e. The van der Waals surface area contributed by atoms with Crippen LogP contribution in [0, 0.1) is 0 Å². The van der Waals surface area contributed by atoms with Gasteiger partial charge in [-0.25, -0.2) is 0 Å². The second-order valence-corrected chi connectivity index (χ2v) is 5.63. The second-order valence-electron chi connectivity index (χ2n) is 4.26. The Kier molecular flexibility index (Phi) is 3.21. The van der Waals surface area contributed by atoms with E-state index in [-0.39, 0.29) is 0 Å². The maximum atomic E-state index is 11.0. The van der Waals surface area contributed by atoms with Crippen molar-refractivity contribution in [1.82, 2.24) is 0 Å². The number of carbonyl (C=O) groups is 1. The van der Waals surface area contributed by atoms with Crippen molar-refractivity contribution in [2.45, 2.75) is 34.9 Å². The number of rotatable bonds is 3. The van der Waals surface area contributed by atoms with Crippen LogP contribution in [0.4, 0.5) is 0 Å². The summed E-state index contributed by atoms with van der Waals surface area (Å²) < 4.78 is 0. The van der Waals surface area contributed by atoms with Crippen molar-refractivity contribution in [2.75, 3.05) is 0 Å². The second kappa shape index (κ2) is 4.47. The van der Waals surface area contributed by atoms with Gasteiger partial charge in [-0.2, -0.15) is 0 Å². The van der Waals surface area contributed by atoms with Gasteiger partial charge >= 0.3 is 5.97 Å². The zero-order chi connectivity index (χ0) is 11.6. The third kappa shape index (κ3) is 2.39. The number of nitrogens with two attached hydrogens (primary N) is 1. The summed E-state index contributed by atoms with van der Waals surface area (Å²) in [5, 5.41) is 9.34. The fourth-order valence-corrected chi connectivity index (χ4v) is 3.33. The monoisotopic (exact) mass is 237 g/mol. The highest BCUT2D eigenvalue weighted by atomic mass is 32.2. The highest BCUT2D eigenvalue weighted by molar-refractivity contribution is 8.00. The van der Waals surface area contributed by atoms with Crippen LogP contribution in [0.15, 0.2) is 35.2 Å². The van der Waals surface area contributed by atoms with Gasteiger partial charge in [0.1, 0.15) is 5.54 Å². The Hall–Kier alpha value is -1.00. The number of carboxylic acids is 1. The first-order valence-corrected chi connectivity index (χ1v) is 6.22. The van der Waals surface area contributed by atoms with Crippen LogP contribution in [0.1, 0.15) is 19.3 Å². The Morgan fingerprint density at radius 1 is 1.44 bits per heavy atom. The minimum atomic E-state index is -1.01. The van der Waals surface area contributed by atoms with Crippen molar-refractivity contribution in [2.24, 2.45) is 5.73 Å². The summed E-state index contributed by atoms with van der Waals surface area (Å²) in [6, 6.07) is 10.0. The Labute approximate surface area is 99.0 Å². The van der Waals surface area contributed by atoms with Crippen LogP contribution >= 0.6 is 11.8 Å². The van der Waals surface area contributed by atoms with Crippen LogP contribution in [0.25, 0.3) is 0 Å². The number of hydrogen-bond acceptors (Lipinski definition) is 3. The maximum Gasteiger partial charge on any atom is 0.323 e. The molecule has 0 aromatic heterocycles. The molecule has 3 N–H and O–H groups in total. The molecule has 1 aliphatic carbocycles. The zero-order valence-corrected chi connectivity index (χ0v) is 9.74. The molecule has 0 saturated heterocycles. The molecule has 2 rings (SSSR count). The lowest BCUT2D eigenvalue weighted by atomic mass is 10.0. The molecule has 3 nitrogen and oxygen atoms in total. The SMILES string of the molecule is NC1(C(=O)O)CCC(Sc2ccccc2)C1. The van der Waals surface area contributed by atoms with Gasteiger partial charge < -0.3 is 10.8 Å². The van der Waals surface area contributed by atoms with E-state index in [1.54, 1.807) is 11.8 Å². The summed E-state index contributed by atoms with van der Waals surface area (Å²) in [4.78, 5) is 12.2. The van der Waals surface area contributed by atoms with E-state index in [4.69, 9.17) is 10.8 Å². The normalized spacial score (nSPS) is 29.2. The first-order valence-electron chi connectivity index (χ1n) is 5.34. The van der Waals surface area contributed by atoms with Gasteiger partial charge in [-0.1, -0.05) is 18.2 Å². The van der Waals surface area contributed by atoms with Crippen molar-refractivity contribution in [1.29, 1.82) is 0 Å². The zero-order valence-electron chi connectivity index (χ0n) is 8.93. The van der Waals surface area contributed by atoms with Gasteiger partial charge in [0.05, 0.1) is 0 Å². The molecule has 86 valence electrons. The minimum absolute atomic E-state index is 0.323. The number of thioether (sulfide) groups is 1. The third-order valence-electron chi connectivity index (χ3n) is 2.98. The third-order valence-corrected chi connectivity index (χ3v) is 4.26. The molecule has 16 heavy (non-hydrogen) atoms. The van der Waals surface area contributed by atoms with Crippen molar-refractivity contribution in [3.8, 4) is 0 Å². The van der Waals surface area contributed by atoms with Gasteiger partial charge in [-0.3, -0.25) is 4.79 Å². The highest BCUT2D eigenvalue weighted by Gasteiger charge is 2.42. The minimum Gasteiger partial charge on any atom is -0.480 e. The van der Waals surface area contributed by atoms with Crippen molar-refractivity contribution >= 4 is 17.7 Å². The average Bonchev–Trinajstić information content (AvgIpc) is 2.63. The van der Waals surface area contributed by atoms with Crippen LogP contribution in [0.5, 0.6) is 0 Å². The fraction of sp³-hybridized carbons (Fsp3) is 0.417. The van der Waals surface area contributed by atoms with E-state index in [1.165, 1.54) is 4.90 Å². The molecular weight excluding hydrogens is 222 g/mol. The summed E-state index contributed by atoms with van der Waals surface area (Å²) >= 11 is 1.73. The van der Waals surface area contributed by atoms with Gasteiger partial charge in [0.15, 0.2) is 0 Å². The van der Waals surface area contributed by atoms with E-state index < -0.39 is 11.5 Å². The van der Waals surface area contributed by atoms with Crippen LogP contribution in [-0.2, 0) is 4.79 Å². The summed E-state index contributed by atoms with van der Waals surface area (Å²) in [7, 11) is 0. The smallest absolute Gasteiger partial charge is 0.323 e. The van der Waals surface area contributed by atoms with Gasteiger partial charge in [0, 0.05) is 10.1 Å². The van der Waals surface area contributed by atoms with Gasteiger partial charge in [0.2, 0.25) is 0 Å². The van der Waals surface area contributed by atoms with E-state index in [1.807, 2.05) is 30.3 Å². The molecule has 0 heterocycles. The first-order chi connectivity index (χ1) is 7.60. The molecule has 0 bridgehead atoms. The fourth-order valence-electron chi connectivity index (χ4n) is 2.02. The topological polar surface area (TPSA) is 63.3 Å². The first kappa shape index (κ1) is 11.5. The van der Waals surface area contributed by atoms with Crippen molar-refractivity contribution < 1.29 is 9.90 Å². The van der Waals surface area contributed by atoms with Gasteiger partial charge in [-0.05, 0) is 31.4 Å². The van der Waals surface area contributed by atoms with E-state index in [9.17, 15) is 4.79 Å². The molecule has 2 unspecified atom stereocenters. The summed E-state index contributed by atoms with van der Waals surface area (Å²) in [6.07, 6.45) is 2.01. The lowest BCUT2D eigenvalue weighted by Gasteiger charge is -2.17. The predicted molar refractivity (Wildman–Crippen MR) is 64.5 cm³/mol. The Bertz CT molecular complexity index is 382. The van der Waals surface area contributed by atoms with Crippen LogP contribution in [-0.4, -0.2) is 21.9 Å². The number of carboxylic acid groups (broad SMARTS) is 1. The summed E-state index contributed by atoms with van der Waals surface area (Å²) in [5.41, 5.74) is 4.83. The molecule has 0 aliphatic heterocycles. The molecule has 0 amide bonds. The Morgan fingerprint density at radius 2 is 2.12 bits per heavy atom. The molecule has 2 atom stereocenters. The number of benzene rings is 1. The quantitative estimate of drug-likeness (QED) is 0.845. The van der Waals surface area contributed by atoms with Crippen LogP contribution < -0.4 is 5.73 Å². The molecule has 1 saturated carbocycles. The number of hydrogen-bond donors (Lipinski definition) is 2. The molecule has 0 radical (unpaired) electrons. The lowest BCUT2D eigenvalue weighted by molar-refractivity contribution is -0.143. The van der Waals surface area contributed by atoms with E-state index >= 15 is 0 Å². The molecule has 1 aromatic rings. The van der Waals surface area contributed by atoms with Crippen LogP contribution in [0.3, 0.4) is 0 Å². The number of aliphatic carboxylic acids is 1. The Morgan fingerprint density at radius 3 is 2.69 bits per heavy atom. The van der Waals surface area contributed by atoms with E-state index in [2.05, 4.69) is 0 Å². The average molecular weight is 237 g/mol. The maximum absolute atomic E-state index is 11.0. The van der Waals surface area contributed by atoms with Crippen molar-refractivity contribution in [3.05, 3.63) is 30.3 Å². The van der Waals surface area contributed by atoms with Crippen molar-refractivity contribution in [3.63, 3.8) is 0 Å². The molecule has 1 aliphatic rings. The summed E-state index contributed by atoms with van der Waals surface area (Å²) in [6.45, 7) is 0. The molecular formula is C12H15NO2S. The molecule has 1 aromatic carbocycles. The lowest BCUT2D eigenvalue weighted by Crippen LogP contribution is -2.45. The van der Waals surface area contributed by atoms with Gasteiger partial charge in [-0.15, -0.1) is 11.8 Å². The molecule has 1 fully saturated rings. The Balaban J connectivity index is 1.98. The molecule has 4 heteroatoms. The highest BCUT2D eigenvalue weighted by Crippen LogP contribution is 2.38. The summed E-state index contributed by atoms with van der Waals surface area (Å²) in [5.74, 6) is -0.872. The van der Waals surface area contributed by atoms with Gasteiger partial charge in [0.25, 0.3) is 0 Å². The van der Waals surface area contributed by atoms with E-state index in [0.717, 1.165) is 6.42 Å². The van der Waals surface area contributed by atoms with E-state index in [0.29, 0.717) is 18.1 Å². The predicted octanol–water partition coefficient (Wildman–Crippen LogP) is 2.11. The standard InChI is InChI=1S/C12H15NO2S/c13-12(11(14)15)7-6-10(8-12)16-9-4-2-1-3-5-9/h1-5,10H,6-8,13H2,(H,14,15).